The van der Waals surface area contributed by atoms with Crippen LogP contribution in [0.3, 0.4) is 0 Å². The largest absolute Gasteiger partial charge is 0.489 e. The van der Waals surface area contributed by atoms with E-state index >= 15 is 0 Å². The van der Waals surface area contributed by atoms with Crippen LogP contribution in [0.4, 0.5) is 0 Å². The topological polar surface area (TPSA) is 26.3 Å². The molecule has 0 unspecified atom stereocenters. The van der Waals surface area contributed by atoms with Crippen LogP contribution in [0.2, 0.25) is 0 Å². The van der Waals surface area contributed by atoms with Gasteiger partial charge in [-0.25, -0.2) is 0 Å². The van der Waals surface area contributed by atoms with E-state index in [1.807, 2.05) is 12.1 Å². The SMILES string of the molecule is CC(C)c1ccc(COc2ccc(Br)c(C=O)c2)cc1. The third kappa shape index (κ3) is 3.70. The molecule has 2 aromatic rings. The molecule has 0 aliphatic rings. The highest BCUT2D eigenvalue weighted by Gasteiger charge is 2.03. The normalized spacial score (nSPS) is 10.6. The summed E-state index contributed by atoms with van der Waals surface area (Å²) >= 11 is 3.32. The molecule has 0 amide bonds. The minimum atomic E-state index is 0.498. The van der Waals surface area contributed by atoms with E-state index in [4.69, 9.17) is 4.74 Å². The van der Waals surface area contributed by atoms with E-state index in [1.165, 1.54) is 5.56 Å². The van der Waals surface area contributed by atoms with Crippen LogP contribution < -0.4 is 4.74 Å². The van der Waals surface area contributed by atoms with Crippen molar-refractivity contribution in [1.82, 2.24) is 0 Å². The van der Waals surface area contributed by atoms with Gasteiger partial charge in [-0.1, -0.05) is 54.0 Å². The van der Waals surface area contributed by atoms with Crippen LogP contribution in [0, 0.1) is 0 Å². The van der Waals surface area contributed by atoms with Gasteiger partial charge in [0.2, 0.25) is 0 Å². The Hall–Kier alpha value is -1.61. The minimum absolute atomic E-state index is 0.498. The summed E-state index contributed by atoms with van der Waals surface area (Å²) in [6.07, 6.45) is 0.814. The number of hydrogen-bond donors (Lipinski definition) is 0. The van der Waals surface area contributed by atoms with Crippen molar-refractivity contribution >= 4 is 22.2 Å². The number of aldehydes is 1. The van der Waals surface area contributed by atoms with Crippen LogP contribution in [0.1, 0.15) is 41.3 Å². The Morgan fingerprint density at radius 1 is 1.15 bits per heavy atom. The monoisotopic (exact) mass is 332 g/mol. The van der Waals surface area contributed by atoms with Gasteiger partial charge in [-0.05, 0) is 35.2 Å². The molecule has 2 nitrogen and oxygen atoms in total. The van der Waals surface area contributed by atoms with Gasteiger partial charge in [-0.2, -0.15) is 0 Å². The van der Waals surface area contributed by atoms with Gasteiger partial charge in [0, 0.05) is 10.0 Å². The van der Waals surface area contributed by atoms with E-state index in [-0.39, 0.29) is 0 Å². The molecule has 0 fully saturated rings. The van der Waals surface area contributed by atoms with E-state index in [2.05, 4.69) is 54.0 Å². The van der Waals surface area contributed by atoms with Crippen molar-refractivity contribution in [1.29, 1.82) is 0 Å². The average Bonchev–Trinajstić information content (AvgIpc) is 2.46. The number of halogens is 1. The summed E-state index contributed by atoms with van der Waals surface area (Å²) in [6.45, 7) is 4.85. The zero-order valence-electron chi connectivity index (χ0n) is 11.6. The van der Waals surface area contributed by atoms with E-state index < -0.39 is 0 Å². The van der Waals surface area contributed by atoms with Crippen LogP contribution in [0.25, 0.3) is 0 Å². The number of ether oxygens (including phenoxy) is 1. The number of carbonyl (C=O) groups excluding carboxylic acids is 1. The summed E-state index contributed by atoms with van der Waals surface area (Å²) < 4.78 is 6.49. The van der Waals surface area contributed by atoms with Crippen LogP contribution in [0.5, 0.6) is 5.75 Å². The third-order valence-electron chi connectivity index (χ3n) is 3.15. The van der Waals surface area contributed by atoms with Gasteiger partial charge in [0.15, 0.2) is 6.29 Å². The van der Waals surface area contributed by atoms with Gasteiger partial charge in [-0.15, -0.1) is 0 Å². The molecule has 2 aromatic carbocycles. The predicted octanol–water partition coefficient (Wildman–Crippen LogP) is 4.96. The molecule has 0 bridgehead atoms. The van der Waals surface area contributed by atoms with E-state index in [1.54, 1.807) is 6.07 Å². The predicted molar refractivity (Wildman–Crippen MR) is 84.4 cm³/mol. The van der Waals surface area contributed by atoms with Gasteiger partial charge in [0.1, 0.15) is 12.4 Å². The Kier molecular flexibility index (Phi) is 4.96. The molecule has 0 radical (unpaired) electrons. The Labute approximate surface area is 127 Å². The molecule has 0 atom stereocenters. The first kappa shape index (κ1) is 14.8. The molecule has 0 aromatic heterocycles. The van der Waals surface area contributed by atoms with Crippen LogP contribution in [-0.4, -0.2) is 6.29 Å². The van der Waals surface area contributed by atoms with Crippen molar-refractivity contribution in [3.63, 3.8) is 0 Å². The first-order valence-corrected chi connectivity index (χ1v) is 7.36. The Bertz CT molecular complexity index is 588. The third-order valence-corrected chi connectivity index (χ3v) is 3.87. The second-order valence-corrected chi connectivity index (χ2v) is 5.84. The van der Waals surface area contributed by atoms with Crippen LogP contribution in [-0.2, 0) is 6.61 Å². The maximum atomic E-state index is 10.9. The summed E-state index contributed by atoms with van der Waals surface area (Å²) in [5.74, 6) is 1.23. The molecule has 3 heteroatoms. The van der Waals surface area contributed by atoms with Gasteiger partial charge in [-0.3, -0.25) is 4.79 Å². The minimum Gasteiger partial charge on any atom is -0.489 e. The van der Waals surface area contributed by atoms with E-state index in [9.17, 15) is 4.79 Å². The maximum Gasteiger partial charge on any atom is 0.151 e. The Morgan fingerprint density at radius 3 is 2.45 bits per heavy atom. The molecular formula is C17H17BrO2. The summed E-state index contributed by atoms with van der Waals surface area (Å²) in [5.41, 5.74) is 3.03. The summed E-state index contributed by atoms with van der Waals surface area (Å²) in [5, 5.41) is 0. The van der Waals surface area contributed by atoms with Gasteiger partial charge in [0.25, 0.3) is 0 Å². The highest BCUT2D eigenvalue weighted by molar-refractivity contribution is 9.10. The van der Waals surface area contributed by atoms with Crippen molar-refractivity contribution in [2.45, 2.75) is 26.4 Å². The first-order valence-electron chi connectivity index (χ1n) is 6.56. The summed E-state index contributed by atoms with van der Waals surface area (Å²) in [4.78, 5) is 10.9. The smallest absolute Gasteiger partial charge is 0.151 e. The molecule has 0 heterocycles. The van der Waals surface area contributed by atoms with Crippen molar-refractivity contribution in [3.8, 4) is 5.75 Å². The van der Waals surface area contributed by atoms with E-state index in [0.29, 0.717) is 23.8 Å². The highest BCUT2D eigenvalue weighted by atomic mass is 79.9. The number of benzene rings is 2. The lowest BCUT2D eigenvalue weighted by molar-refractivity contribution is 0.112. The van der Waals surface area contributed by atoms with E-state index in [0.717, 1.165) is 16.3 Å². The average molecular weight is 333 g/mol. The van der Waals surface area contributed by atoms with Crippen molar-refractivity contribution in [2.24, 2.45) is 0 Å². The van der Waals surface area contributed by atoms with Crippen molar-refractivity contribution in [2.75, 3.05) is 0 Å². The van der Waals surface area contributed by atoms with Gasteiger partial charge >= 0.3 is 0 Å². The van der Waals surface area contributed by atoms with Gasteiger partial charge < -0.3 is 4.74 Å². The zero-order chi connectivity index (χ0) is 14.5. The molecular weight excluding hydrogens is 316 g/mol. The molecule has 0 aliphatic carbocycles. The number of hydrogen-bond acceptors (Lipinski definition) is 2. The van der Waals surface area contributed by atoms with Gasteiger partial charge in [0.05, 0.1) is 0 Å². The van der Waals surface area contributed by atoms with Crippen LogP contribution >= 0.6 is 15.9 Å². The zero-order valence-corrected chi connectivity index (χ0v) is 13.2. The first-order chi connectivity index (χ1) is 9.60. The summed E-state index contributed by atoms with van der Waals surface area (Å²) in [7, 11) is 0. The molecule has 0 spiro atoms. The molecule has 0 saturated heterocycles. The van der Waals surface area contributed by atoms with Crippen LogP contribution in [0.15, 0.2) is 46.9 Å². The van der Waals surface area contributed by atoms with Crippen molar-refractivity contribution < 1.29 is 9.53 Å². The second kappa shape index (κ2) is 6.71. The molecule has 0 aliphatic heterocycles. The fourth-order valence-corrected chi connectivity index (χ4v) is 2.21. The molecule has 2 rings (SSSR count). The lowest BCUT2D eigenvalue weighted by Gasteiger charge is -2.09. The molecule has 0 saturated carbocycles. The maximum absolute atomic E-state index is 10.9. The standard InChI is InChI=1S/C17H17BrO2/c1-12(2)14-5-3-13(4-6-14)11-20-16-7-8-17(18)15(9-16)10-19/h3-10,12H,11H2,1-2H3. The fraction of sp³-hybridized carbons (Fsp3) is 0.235. The summed E-state index contributed by atoms with van der Waals surface area (Å²) in [6, 6.07) is 13.8. The fourth-order valence-electron chi connectivity index (χ4n) is 1.87. The Morgan fingerprint density at radius 2 is 1.85 bits per heavy atom. The quantitative estimate of drug-likeness (QED) is 0.723. The number of rotatable bonds is 5. The highest BCUT2D eigenvalue weighted by Crippen LogP contribution is 2.22. The number of carbonyl (C=O) groups is 1. The lowest BCUT2D eigenvalue weighted by Crippen LogP contribution is -1.97. The molecule has 20 heavy (non-hydrogen) atoms. The lowest BCUT2D eigenvalue weighted by atomic mass is 10.0. The second-order valence-electron chi connectivity index (χ2n) is 4.99. The molecule has 0 N–H and O–H groups in total. The Balaban J connectivity index is 2.03. The molecule has 104 valence electrons. The van der Waals surface area contributed by atoms with Crippen molar-refractivity contribution in [3.05, 3.63) is 63.6 Å².